The Balaban J connectivity index is 2.10. The molecule has 21 heavy (non-hydrogen) atoms. The number of methoxy groups -OCH3 is 1. The van der Waals surface area contributed by atoms with E-state index in [2.05, 4.69) is 23.4 Å². The summed E-state index contributed by atoms with van der Waals surface area (Å²) in [6, 6.07) is 5.09. The van der Waals surface area contributed by atoms with Gasteiger partial charge in [0.2, 0.25) is 0 Å². The highest BCUT2D eigenvalue weighted by Crippen LogP contribution is 2.52. The third-order valence-corrected chi connectivity index (χ3v) is 4.95. The van der Waals surface area contributed by atoms with E-state index in [0.717, 1.165) is 17.8 Å². The predicted molar refractivity (Wildman–Crippen MR) is 82.3 cm³/mol. The second-order valence-corrected chi connectivity index (χ2v) is 6.65. The lowest BCUT2D eigenvalue weighted by molar-refractivity contribution is -0.112. The first kappa shape index (κ1) is 14.8. The van der Waals surface area contributed by atoms with Crippen LogP contribution in [0.2, 0.25) is 0 Å². The van der Waals surface area contributed by atoms with E-state index in [4.69, 9.17) is 16.3 Å². The standard InChI is InChI=1S/C16H20ClFN2O/c1-16(2)13(9-14(16)21-3)20-12-5-4-10(18)8-11(12)19-15(20)6-7-17/h4-5,8,13-14H,6-7,9H2,1-3H3. The minimum atomic E-state index is -0.257. The Bertz CT molecular complexity index is 668. The van der Waals surface area contributed by atoms with Gasteiger partial charge in [-0.1, -0.05) is 13.8 Å². The SMILES string of the molecule is COC1CC(n2c(CCCl)nc3cc(F)ccc32)C1(C)C. The third-order valence-electron chi connectivity index (χ3n) is 4.76. The molecule has 1 aromatic heterocycles. The number of ether oxygens (including phenoxy) is 1. The molecule has 1 aliphatic rings. The molecule has 3 nitrogen and oxygen atoms in total. The molecule has 1 aromatic carbocycles. The number of imidazole rings is 1. The number of fused-ring (bicyclic) bond motifs is 1. The fourth-order valence-electron chi connectivity index (χ4n) is 3.43. The summed E-state index contributed by atoms with van der Waals surface area (Å²) in [5, 5.41) is 0. The molecule has 0 saturated heterocycles. The van der Waals surface area contributed by atoms with E-state index in [1.54, 1.807) is 7.11 Å². The van der Waals surface area contributed by atoms with E-state index in [9.17, 15) is 4.39 Å². The van der Waals surface area contributed by atoms with E-state index in [1.807, 2.05) is 6.07 Å². The number of hydrogen-bond acceptors (Lipinski definition) is 2. The van der Waals surface area contributed by atoms with Crippen LogP contribution >= 0.6 is 11.6 Å². The number of benzene rings is 1. The third kappa shape index (κ3) is 2.25. The van der Waals surface area contributed by atoms with Gasteiger partial charge in [0, 0.05) is 36.9 Å². The van der Waals surface area contributed by atoms with Gasteiger partial charge in [0.15, 0.2) is 0 Å². The molecule has 0 aliphatic heterocycles. The molecule has 2 aromatic rings. The van der Waals surface area contributed by atoms with Crippen molar-refractivity contribution in [2.75, 3.05) is 13.0 Å². The van der Waals surface area contributed by atoms with Gasteiger partial charge in [-0.15, -0.1) is 11.6 Å². The van der Waals surface area contributed by atoms with Crippen molar-refractivity contribution in [2.24, 2.45) is 5.41 Å². The molecule has 0 spiro atoms. The van der Waals surface area contributed by atoms with E-state index >= 15 is 0 Å². The molecule has 1 fully saturated rings. The molecule has 1 aliphatic carbocycles. The molecule has 0 N–H and O–H groups in total. The van der Waals surface area contributed by atoms with Crippen molar-refractivity contribution in [1.29, 1.82) is 0 Å². The molecule has 2 unspecified atom stereocenters. The molecule has 1 heterocycles. The fraction of sp³-hybridized carbons (Fsp3) is 0.562. The van der Waals surface area contributed by atoms with Gasteiger partial charge >= 0.3 is 0 Å². The van der Waals surface area contributed by atoms with Crippen LogP contribution in [0.4, 0.5) is 4.39 Å². The van der Waals surface area contributed by atoms with Crippen LogP contribution in [0.15, 0.2) is 18.2 Å². The minimum absolute atomic E-state index is 0.0256. The second-order valence-electron chi connectivity index (χ2n) is 6.27. The Morgan fingerprint density at radius 2 is 2.24 bits per heavy atom. The maximum Gasteiger partial charge on any atom is 0.125 e. The van der Waals surface area contributed by atoms with Crippen molar-refractivity contribution in [3.8, 4) is 0 Å². The summed E-state index contributed by atoms with van der Waals surface area (Å²) >= 11 is 5.91. The van der Waals surface area contributed by atoms with Crippen molar-refractivity contribution in [2.45, 2.75) is 38.8 Å². The quantitative estimate of drug-likeness (QED) is 0.800. The van der Waals surface area contributed by atoms with Crippen LogP contribution in [0.1, 0.15) is 32.1 Å². The number of hydrogen-bond donors (Lipinski definition) is 0. The van der Waals surface area contributed by atoms with Gasteiger partial charge in [0.05, 0.1) is 17.1 Å². The van der Waals surface area contributed by atoms with Crippen molar-refractivity contribution < 1.29 is 9.13 Å². The lowest BCUT2D eigenvalue weighted by Gasteiger charge is -2.52. The molecule has 0 amide bonds. The van der Waals surface area contributed by atoms with Gasteiger partial charge in [-0.05, 0) is 18.6 Å². The second kappa shape index (κ2) is 5.25. The van der Waals surface area contributed by atoms with E-state index < -0.39 is 0 Å². The highest BCUT2D eigenvalue weighted by Gasteiger charge is 2.50. The van der Waals surface area contributed by atoms with Crippen LogP contribution in [0.25, 0.3) is 11.0 Å². The van der Waals surface area contributed by atoms with Crippen LogP contribution in [-0.4, -0.2) is 28.6 Å². The largest absolute Gasteiger partial charge is 0.381 e. The molecule has 5 heteroatoms. The molecule has 3 rings (SSSR count). The van der Waals surface area contributed by atoms with Crippen molar-refractivity contribution in [3.63, 3.8) is 0 Å². The number of aryl methyl sites for hydroxylation is 1. The first-order chi connectivity index (χ1) is 9.98. The van der Waals surface area contributed by atoms with Crippen molar-refractivity contribution >= 4 is 22.6 Å². The zero-order chi connectivity index (χ0) is 15.2. The van der Waals surface area contributed by atoms with E-state index in [1.165, 1.54) is 12.1 Å². The number of aromatic nitrogens is 2. The van der Waals surface area contributed by atoms with Crippen LogP contribution < -0.4 is 0 Å². The first-order valence-electron chi connectivity index (χ1n) is 7.24. The van der Waals surface area contributed by atoms with Gasteiger partial charge in [0.1, 0.15) is 11.6 Å². The lowest BCUT2D eigenvalue weighted by Crippen LogP contribution is -2.51. The summed E-state index contributed by atoms with van der Waals surface area (Å²) in [5.41, 5.74) is 1.70. The highest BCUT2D eigenvalue weighted by molar-refractivity contribution is 6.17. The normalized spacial score (nSPS) is 24.2. The maximum absolute atomic E-state index is 13.4. The maximum atomic E-state index is 13.4. The van der Waals surface area contributed by atoms with Crippen LogP contribution in [0, 0.1) is 11.2 Å². The minimum Gasteiger partial charge on any atom is -0.381 e. The van der Waals surface area contributed by atoms with Gasteiger partial charge in [-0.2, -0.15) is 0 Å². The Morgan fingerprint density at radius 1 is 1.48 bits per heavy atom. The summed E-state index contributed by atoms with van der Waals surface area (Å²) in [4.78, 5) is 4.58. The molecule has 114 valence electrons. The summed E-state index contributed by atoms with van der Waals surface area (Å²) in [7, 11) is 1.75. The summed E-state index contributed by atoms with van der Waals surface area (Å²) in [6.45, 7) is 4.41. The molecule has 2 atom stereocenters. The zero-order valence-electron chi connectivity index (χ0n) is 12.6. The van der Waals surface area contributed by atoms with Gasteiger partial charge in [-0.3, -0.25) is 0 Å². The van der Waals surface area contributed by atoms with E-state index in [-0.39, 0.29) is 17.3 Å². The average molecular weight is 311 g/mol. The van der Waals surface area contributed by atoms with Crippen LogP contribution in [0.5, 0.6) is 0 Å². The smallest absolute Gasteiger partial charge is 0.125 e. The number of nitrogens with zero attached hydrogens (tertiary/aromatic N) is 2. The Hall–Kier alpha value is -1.13. The summed E-state index contributed by atoms with van der Waals surface area (Å²) in [5.74, 6) is 1.18. The first-order valence-corrected chi connectivity index (χ1v) is 7.77. The summed E-state index contributed by atoms with van der Waals surface area (Å²) < 4.78 is 21.2. The van der Waals surface area contributed by atoms with Crippen molar-refractivity contribution in [3.05, 3.63) is 29.8 Å². The Kier molecular flexibility index (Phi) is 3.70. The Labute approximate surface area is 129 Å². The molecular formula is C16H20ClFN2O. The fourth-order valence-corrected chi connectivity index (χ4v) is 3.60. The van der Waals surface area contributed by atoms with Gasteiger partial charge in [0.25, 0.3) is 0 Å². The molecular weight excluding hydrogens is 291 g/mol. The molecule has 0 radical (unpaired) electrons. The van der Waals surface area contributed by atoms with Gasteiger partial charge < -0.3 is 9.30 Å². The van der Waals surface area contributed by atoms with Crippen LogP contribution in [-0.2, 0) is 11.2 Å². The van der Waals surface area contributed by atoms with Gasteiger partial charge in [-0.25, -0.2) is 9.37 Å². The number of rotatable bonds is 4. The zero-order valence-corrected chi connectivity index (χ0v) is 13.3. The predicted octanol–water partition coefficient (Wildman–Crippen LogP) is 3.94. The highest BCUT2D eigenvalue weighted by atomic mass is 35.5. The average Bonchev–Trinajstić information content (AvgIpc) is 2.76. The lowest BCUT2D eigenvalue weighted by atomic mass is 9.64. The van der Waals surface area contributed by atoms with Crippen molar-refractivity contribution in [1.82, 2.24) is 9.55 Å². The topological polar surface area (TPSA) is 27.1 Å². The monoisotopic (exact) mass is 310 g/mol. The van der Waals surface area contributed by atoms with E-state index in [0.29, 0.717) is 23.9 Å². The van der Waals surface area contributed by atoms with Crippen LogP contribution in [0.3, 0.4) is 0 Å². The Morgan fingerprint density at radius 3 is 2.86 bits per heavy atom. The molecule has 0 bridgehead atoms. The number of halogens is 2. The number of alkyl halides is 1. The molecule has 1 saturated carbocycles. The summed E-state index contributed by atoms with van der Waals surface area (Å²) in [6.07, 6.45) is 1.87.